The van der Waals surface area contributed by atoms with Gasteiger partial charge in [0.05, 0.1) is 18.9 Å². The second kappa shape index (κ2) is 6.44. The second-order valence-corrected chi connectivity index (χ2v) is 7.91. The first kappa shape index (κ1) is 14.4. The fourth-order valence-electron chi connectivity index (χ4n) is 1.87. The van der Waals surface area contributed by atoms with Gasteiger partial charge in [0.15, 0.2) is 0 Å². The summed E-state index contributed by atoms with van der Waals surface area (Å²) in [6.45, 7) is 2.08. The van der Waals surface area contributed by atoms with Crippen molar-refractivity contribution in [3.05, 3.63) is 10.6 Å². The Morgan fingerprint density at radius 3 is 2.50 bits per heavy atom. The number of hydrogen-bond acceptors (Lipinski definition) is 6. The summed E-state index contributed by atoms with van der Waals surface area (Å²) in [6, 6.07) is 0. The zero-order valence-corrected chi connectivity index (χ0v) is 13.2. The minimum Gasteiger partial charge on any atom is -0.396 e. The van der Waals surface area contributed by atoms with Gasteiger partial charge in [-0.25, -0.2) is 4.98 Å². The highest BCUT2D eigenvalue weighted by atomic mass is 32.5. The molecule has 4 nitrogen and oxygen atoms in total. The Bertz CT molecular complexity index is 416. The van der Waals surface area contributed by atoms with Crippen LogP contribution >= 0.6 is 18.1 Å². The molecule has 0 N–H and O–H groups in total. The SMILES string of the molecule is CCOP(=S)(OCC)Oc1nc2c(s1)CCCC2. The largest absolute Gasteiger partial charge is 0.396 e. The topological polar surface area (TPSA) is 40.6 Å². The molecule has 1 aliphatic carbocycles. The third-order valence-corrected chi connectivity index (χ3v) is 6.15. The Labute approximate surface area is 117 Å². The second-order valence-electron chi connectivity index (χ2n) is 3.93. The zero-order chi connectivity index (χ0) is 13.0. The Morgan fingerprint density at radius 2 is 1.89 bits per heavy atom. The molecule has 0 saturated heterocycles. The predicted octanol–water partition coefficient (Wildman–Crippen LogP) is 3.70. The van der Waals surface area contributed by atoms with Crippen LogP contribution < -0.4 is 4.52 Å². The average molecular weight is 307 g/mol. The lowest BCUT2D eigenvalue weighted by molar-refractivity contribution is 0.217. The van der Waals surface area contributed by atoms with E-state index in [1.165, 1.54) is 17.7 Å². The number of rotatable bonds is 6. The van der Waals surface area contributed by atoms with Crippen LogP contribution in [0, 0.1) is 0 Å². The lowest BCUT2D eigenvalue weighted by Gasteiger charge is -2.18. The van der Waals surface area contributed by atoms with Gasteiger partial charge in [0.25, 0.3) is 5.19 Å². The van der Waals surface area contributed by atoms with Gasteiger partial charge in [-0.2, -0.15) is 0 Å². The quantitative estimate of drug-likeness (QED) is 0.750. The summed E-state index contributed by atoms with van der Waals surface area (Å²) in [5, 5.41) is 0.604. The highest BCUT2D eigenvalue weighted by molar-refractivity contribution is 8.07. The molecule has 102 valence electrons. The summed E-state index contributed by atoms with van der Waals surface area (Å²) in [5.41, 5.74) is 1.16. The molecular formula is C11H18NO3PS2. The van der Waals surface area contributed by atoms with Gasteiger partial charge in [0.2, 0.25) is 0 Å². The normalized spacial score (nSPS) is 15.4. The van der Waals surface area contributed by atoms with Crippen molar-refractivity contribution in [2.24, 2.45) is 0 Å². The molecule has 0 saturated carbocycles. The third-order valence-electron chi connectivity index (χ3n) is 2.59. The van der Waals surface area contributed by atoms with Gasteiger partial charge in [0, 0.05) is 16.7 Å². The summed E-state index contributed by atoms with van der Waals surface area (Å²) in [7, 11) is 0. The monoisotopic (exact) mass is 307 g/mol. The maximum absolute atomic E-state index is 5.72. The van der Waals surface area contributed by atoms with Crippen LogP contribution in [0.15, 0.2) is 0 Å². The van der Waals surface area contributed by atoms with Crippen molar-refractivity contribution in [3.63, 3.8) is 0 Å². The first-order valence-corrected chi connectivity index (χ1v) is 9.61. The Morgan fingerprint density at radius 1 is 1.22 bits per heavy atom. The molecule has 0 unspecified atom stereocenters. The van der Waals surface area contributed by atoms with Crippen molar-refractivity contribution in [3.8, 4) is 5.19 Å². The van der Waals surface area contributed by atoms with E-state index >= 15 is 0 Å². The summed E-state index contributed by atoms with van der Waals surface area (Å²) in [4.78, 5) is 5.82. The molecule has 0 bridgehead atoms. The summed E-state index contributed by atoms with van der Waals surface area (Å²) in [5.74, 6) is 0. The molecular weight excluding hydrogens is 289 g/mol. The van der Waals surface area contributed by atoms with E-state index in [1.54, 1.807) is 11.3 Å². The number of thiazole rings is 1. The lowest BCUT2D eigenvalue weighted by atomic mass is 10.0. The third kappa shape index (κ3) is 3.52. The first-order chi connectivity index (χ1) is 8.67. The van der Waals surface area contributed by atoms with E-state index < -0.39 is 6.72 Å². The molecule has 7 heteroatoms. The highest BCUT2D eigenvalue weighted by Crippen LogP contribution is 2.51. The van der Waals surface area contributed by atoms with Gasteiger partial charge in [-0.05, 0) is 39.5 Å². The zero-order valence-electron chi connectivity index (χ0n) is 10.7. The van der Waals surface area contributed by atoms with Crippen molar-refractivity contribution in [2.75, 3.05) is 13.2 Å². The van der Waals surface area contributed by atoms with Crippen LogP contribution in [0.4, 0.5) is 0 Å². The van der Waals surface area contributed by atoms with E-state index in [2.05, 4.69) is 4.98 Å². The number of nitrogens with zero attached hydrogens (tertiary/aromatic N) is 1. The molecule has 0 aromatic carbocycles. The van der Waals surface area contributed by atoms with Gasteiger partial charge < -0.3 is 4.52 Å². The van der Waals surface area contributed by atoms with Gasteiger partial charge in [-0.15, -0.1) is 0 Å². The standard InChI is InChI=1S/C11H18NO3PS2/c1-3-13-16(17,14-4-2)15-11-12-9-7-5-6-8-10(9)18-11/h3-8H2,1-2H3. The Balaban J connectivity index is 2.11. The first-order valence-electron chi connectivity index (χ1n) is 6.24. The molecule has 1 aliphatic rings. The molecule has 0 radical (unpaired) electrons. The van der Waals surface area contributed by atoms with Crippen LogP contribution in [0.3, 0.4) is 0 Å². The molecule has 1 aromatic heterocycles. The van der Waals surface area contributed by atoms with Crippen LogP contribution in [-0.4, -0.2) is 18.2 Å². The molecule has 0 fully saturated rings. The van der Waals surface area contributed by atoms with Gasteiger partial charge in [-0.1, -0.05) is 11.3 Å². The van der Waals surface area contributed by atoms with Crippen LogP contribution in [0.1, 0.15) is 37.3 Å². The minimum absolute atomic E-state index is 0.488. The smallest absolute Gasteiger partial charge is 0.382 e. The van der Waals surface area contributed by atoms with E-state index in [0.717, 1.165) is 18.5 Å². The Hall–Kier alpha value is -0.0000000000000000833. The fraction of sp³-hybridized carbons (Fsp3) is 0.727. The molecule has 0 atom stereocenters. The van der Waals surface area contributed by atoms with Gasteiger partial charge >= 0.3 is 6.72 Å². The van der Waals surface area contributed by atoms with Crippen molar-refractivity contribution in [1.29, 1.82) is 0 Å². The average Bonchev–Trinajstić information content (AvgIpc) is 2.70. The number of fused-ring (bicyclic) bond motifs is 1. The van der Waals surface area contributed by atoms with Crippen LogP contribution in [0.5, 0.6) is 5.19 Å². The summed E-state index contributed by atoms with van der Waals surface area (Å²) in [6.07, 6.45) is 4.59. The Kier molecular flexibility index (Phi) is 5.15. The van der Waals surface area contributed by atoms with Crippen LogP contribution in [0.2, 0.25) is 0 Å². The van der Waals surface area contributed by atoms with E-state index in [4.69, 9.17) is 25.4 Å². The predicted molar refractivity (Wildman–Crippen MR) is 76.9 cm³/mol. The highest BCUT2D eigenvalue weighted by Gasteiger charge is 2.25. The van der Waals surface area contributed by atoms with E-state index in [0.29, 0.717) is 18.4 Å². The van der Waals surface area contributed by atoms with E-state index in [1.807, 2.05) is 13.8 Å². The fourth-order valence-corrected chi connectivity index (χ4v) is 5.22. The van der Waals surface area contributed by atoms with E-state index in [-0.39, 0.29) is 0 Å². The van der Waals surface area contributed by atoms with Crippen molar-refractivity contribution >= 4 is 29.9 Å². The maximum Gasteiger partial charge on any atom is 0.382 e. The summed E-state index contributed by atoms with van der Waals surface area (Å²) < 4.78 is 16.6. The number of aryl methyl sites for hydroxylation is 2. The van der Waals surface area contributed by atoms with Crippen molar-refractivity contribution in [1.82, 2.24) is 4.98 Å². The van der Waals surface area contributed by atoms with Crippen LogP contribution in [-0.2, 0) is 33.7 Å². The molecule has 0 spiro atoms. The molecule has 2 rings (SSSR count). The maximum atomic E-state index is 5.72. The lowest BCUT2D eigenvalue weighted by Crippen LogP contribution is -2.02. The van der Waals surface area contributed by atoms with Gasteiger partial charge in [-0.3, -0.25) is 9.05 Å². The molecule has 18 heavy (non-hydrogen) atoms. The summed E-state index contributed by atoms with van der Waals surface area (Å²) >= 11 is 6.92. The molecule has 1 heterocycles. The molecule has 0 amide bonds. The number of aromatic nitrogens is 1. The van der Waals surface area contributed by atoms with Gasteiger partial charge in [0.1, 0.15) is 0 Å². The minimum atomic E-state index is -2.67. The van der Waals surface area contributed by atoms with E-state index in [9.17, 15) is 0 Å². The number of hydrogen-bond donors (Lipinski definition) is 0. The molecule has 0 aliphatic heterocycles. The van der Waals surface area contributed by atoms with Crippen molar-refractivity contribution in [2.45, 2.75) is 39.5 Å². The van der Waals surface area contributed by atoms with Crippen molar-refractivity contribution < 1.29 is 13.6 Å². The van der Waals surface area contributed by atoms with Crippen LogP contribution in [0.25, 0.3) is 0 Å². The molecule has 1 aromatic rings.